The van der Waals surface area contributed by atoms with Gasteiger partial charge in [-0.3, -0.25) is 4.79 Å². The van der Waals surface area contributed by atoms with Crippen molar-refractivity contribution in [1.82, 2.24) is 5.32 Å². The van der Waals surface area contributed by atoms with Crippen LogP contribution >= 0.6 is 0 Å². The number of nitrogens with one attached hydrogen (secondary N) is 1. The number of phenolic OH excluding ortho intramolecular Hbond substituents is 1. The molecule has 106 valence electrons. The average Bonchev–Trinajstić information content (AvgIpc) is 2.44. The molecular formula is C15H17FN2O2. The molecule has 1 saturated carbocycles. The lowest BCUT2D eigenvalue weighted by molar-refractivity contribution is 0.0890. The Morgan fingerprint density at radius 3 is 2.75 bits per heavy atom. The van der Waals surface area contributed by atoms with Gasteiger partial charge in [-0.05, 0) is 49.8 Å². The Kier molecular flexibility index (Phi) is 3.93. The van der Waals surface area contributed by atoms with Gasteiger partial charge in [-0.1, -0.05) is 6.92 Å². The second kappa shape index (κ2) is 5.49. The summed E-state index contributed by atoms with van der Waals surface area (Å²) in [7, 11) is 0. The van der Waals surface area contributed by atoms with Gasteiger partial charge >= 0.3 is 0 Å². The van der Waals surface area contributed by atoms with E-state index in [0.29, 0.717) is 18.8 Å². The van der Waals surface area contributed by atoms with Crippen LogP contribution in [0.3, 0.4) is 0 Å². The summed E-state index contributed by atoms with van der Waals surface area (Å²) in [5.74, 6) is -0.966. The van der Waals surface area contributed by atoms with Gasteiger partial charge in [-0.15, -0.1) is 0 Å². The quantitative estimate of drug-likeness (QED) is 0.872. The van der Waals surface area contributed by atoms with Gasteiger partial charge in [-0.2, -0.15) is 5.26 Å². The molecule has 0 spiro atoms. The molecule has 0 bridgehead atoms. The highest BCUT2D eigenvalue weighted by molar-refractivity contribution is 5.97. The van der Waals surface area contributed by atoms with Gasteiger partial charge in [-0.25, -0.2) is 4.39 Å². The minimum Gasteiger partial charge on any atom is -0.507 e. The van der Waals surface area contributed by atoms with Crippen molar-refractivity contribution in [1.29, 1.82) is 5.26 Å². The molecule has 2 N–H and O–H groups in total. The zero-order valence-corrected chi connectivity index (χ0v) is 11.3. The number of rotatable bonds is 2. The average molecular weight is 276 g/mol. The van der Waals surface area contributed by atoms with Crippen molar-refractivity contribution in [3.8, 4) is 11.8 Å². The zero-order chi connectivity index (χ0) is 14.8. The van der Waals surface area contributed by atoms with Crippen molar-refractivity contribution in [2.45, 2.75) is 38.1 Å². The highest BCUT2D eigenvalue weighted by Crippen LogP contribution is 2.32. The lowest BCUT2D eigenvalue weighted by Crippen LogP contribution is -2.49. The van der Waals surface area contributed by atoms with Gasteiger partial charge in [0.05, 0.1) is 11.6 Å². The first-order valence-electron chi connectivity index (χ1n) is 6.68. The Morgan fingerprint density at radius 1 is 1.50 bits per heavy atom. The molecule has 4 nitrogen and oxygen atoms in total. The number of phenols is 1. The van der Waals surface area contributed by atoms with Crippen molar-refractivity contribution in [3.63, 3.8) is 0 Å². The van der Waals surface area contributed by atoms with E-state index in [-0.39, 0.29) is 11.3 Å². The summed E-state index contributed by atoms with van der Waals surface area (Å²) in [5, 5.41) is 21.6. The molecule has 0 aromatic heterocycles. The second-order valence-electron chi connectivity index (χ2n) is 5.49. The minimum atomic E-state index is -0.914. The van der Waals surface area contributed by atoms with Gasteiger partial charge in [0.15, 0.2) is 0 Å². The van der Waals surface area contributed by atoms with Crippen LogP contribution in [0.1, 0.15) is 43.0 Å². The van der Waals surface area contributed by atoms with Crippen LogP contribution < -0.4 is 5.32 Å². The van der Waals surface area contributed by atoms with E-state index >= 15 is 0 Å². The molecule has 0 heterocycles. The monoisotopic (exact) mass is 276 g/mol. The summed E-state index contributed by atoms with van der Waals surface area (Å²) in [4.78, 5) is 12.1. The van der Waals surface area contributed by atoms with Crippen LogP contribution in [0.25, 0.3) is 0 Å². The van der Waals surface area contributed by atoms with Crippen molar-refractivity contribution in [2.24, 2.45) is 5.92 Å². The summed E-state index contributed by atoms with van der Waals surface area (Å²) in [6.07, 6.45) is 2.88. The molecule has 1 aliphatic rings. The molecule has 1 aromatic rings. The fourth-order valence-electron chi connectivity index (χ4n) is 2.49. The number of hydrogen-bond donors (Lipinski definition) is 2. The highest BCUT2D eigenvalue weighted by Gasteiger charge is 2.36. The van der Waals surface area contributed by atoms with Crippen molar-refractivity contribution in [2.75, 3.05) is 0 Å². The first-order valence-corrected chi connectivity index (χ1v) is 6.68. The predicted molar refractivity (Wildman–Crippen MR) is 71.5 cm³/mol. The lowest BCUT2D eigenvalue weighted by atomic mass is 9.78. The van der Waals surface area contributed by atoms with Crippen molar-refractivity contribution < 1.29 is 14.3 Å². The van der Waals surface area contributed by atoms with E-state index in [0.717, 1.165) is 31.0 Å². The molecule has 0 atom stereocenters. The van der Waals surface area contributed by atoms with Crippen LogP contribution in [0.2, 0.25) is 0 Å². The first kappa shape index (κ1) is 14.3. The minimum absolute atomic E-state index is 0.141. The number of hydrogen-bond acceptors (Lipinski definition) is 3. The normalized spacial score (nSPS) is 25.8. The third kappa shape index (κ3) is 2.90. The van der Waals surface area contributed by atoms with Crippen LogP contribution in [-0.4, -0.2) is 16.6 Å². The van der Waals surface area contributed by atoms with E-state index in [9.17, 15) is 19.6 Å². The van der Waals surface area contributed by atoms with Crippen LogP contribution in [0.15, 0.2) is 18.2 Å². The number of carbonyl (C=O) groups excluding carboxylic acids is 1. The standard InChI is InChI=1S/C15H17FN2O2/c1-10-4-6-15(9-17,7-5-10)18-14(20)12-8-11(16)2-3-13(12)19/h2-3,8,10,19H,4-7H2,1H3,(H,18,20). The molecule has 20 heavy (non-hydrogen) atoms. The first-order chi connectivity index (χ1) is 9.46. The fraction of sp³-hybridized carbons (Fsp3) is 0.467. The molecule has 0 unspecified atom stereocenters. The summed E-state index contributed by atoms with van der Waals surface area (Å²) in [5.41, 5.74) is -1.05. The zero-order valence-electron chi connectivity index (χ0n) is 11.3. The van der Waals surface area contributed by atoms with E-state index in [1.165, 1.54) is 0 Å². The van der Waals surface area contributed by atoms with Gasteiger partial charge in [0.25, 0.3) is 5.91 Å². The highest BCUT2D eigenvalue weighted by atomic mass is 19.1. The Hall–Kier alpha value is -2.09. The van der Waals surface area contributed by atoms with Gasteiger partial charge in [0.2, 0.25) is 0 Å². The maximum Gasteiger partial charge on any atom is 0.256 e. The lowest BCUT2D eigenvalue weighted by Gasteiger charge is -2.34. The topological polar surface area (TPSA) is 73.1 Å². The molecule has 0 saturated heterocycles. The molecule has 0 aliphatic heterocycles. The molecule has 5 heteroatoms. The number of amides is 1. The predicted octanol–water partition coefficient (Wildman–Crippen LogP) is 2.73. The number of nitriles is 1. The fourth-order valence-corrected chi connectivity index (χ4v) is 2.49. The SMILES string of the molecule is CC1CCC(C#N)(NC(=O)c2cc(F)ccc2O)CC1. The number of nitrogens with zero attached hydrogens (tertiary/aromatic N) is 1. The Bertz CT molecular complexity index is 557. The Labute approximate surface area is 117 Å². The summed E-state index contributed by atoms with van der Waals surface area (Å²) in [6.45, 7) is 2.11. The van der Waals surface area contributed by atoms with E-state index in [4.69, 9.17) is 0 Å². The summed E-state index contributed by atoms with van der Waals surface area (Å²) < 4.78 is 13.2. The maximum atomic E-state index is 13.2. The number of aromatic hydroxyl groups is 1. The maximum absolute atomic E-state index is 13.2. The van der Waals surface area contributed by atoms with Crippen LogP contribution in [0.4, 0.5) is 4.39 Å². The van der Waals surface area contributed by atoms with Gasteiger partial charge < -0.3 is 10.4 Å². The third-order valence-electron chi connectivity index (χ3n) is 3.90. The number of benzene rings is 1. The van der Waals surface area contributed by atoms with Crippen molar-refractivity contribution in [3.05, 3.63) is 29.6 Å². The molecule has 1 fully saturated rings. The largest absolute Gasteiger partial charge is 0.507 e. The van der Waals surface area contributed by atoms with E-state index in [1.807, 2.05) is 0 Å². The number of carbonyl (C=O) groups is 1. The van der Waals surface area contributed by atoms with E-state index in [1.54, 1.807) is 0 Å². The Balaban J connectivity index is 2.18. The number of halogens is 1. The molecule has 1 amide bonds. The second-order valence-corrected chi connectivity index (χ2v) is 5.49. The smallest absolute Gasteiger partial charge is 0.256 e. The Morgan fingerprint density at radius 2 is 2.15 bits per heavy atom. The molecular weight excluding hydrogens is 259 g/mol. The molecule has 1 aliphatic carbocycles. The van der Waals surface area contributed by atoms with Crippen LogP contribution in [-0.2, 0) is 0 Å². The molecule has 0 radical (unpaired) electrons. The summed E-state index contributed by atoms with van der Waals surface area (Å²) >= 11 is 0. The van der Waals surface area contributed by atoms with Crippen LogP contribution in [0, 0.1) is 23.1 Å². The van der Waals surface area contributed by atoms with E-state index < -0.39 is 17.3 Å². The molecule has 1 aromatic carbocycles. The summed E-state index contributed by atoms with van der Waals surface area (Å²) in [6, 6.07) is 5.35. The molecule has 2 rings (SSSR count). The van der Waals surface area contributed by atoms with Crippen molar-refractivity contribution >= 4 is 5.91 Å². The third-order valence-corrected chi connectivity index (χ3v) is 3.90. The van der Waals surface area contributed by atoms with Crippen LogP contribution in [0.5, 0.6) is 5.75 Å². The van der Waals surface area contributed by atoms with Gasteiger partial charge in [0, 0.05) is 0 Å². The van der Waals surface area contributed by atoms with Gasteiger partial charge in [0.1, 0.15) is 17.1 Å². The van der Waals surface area contributed by atoms with E-state index in [2.05, 4.69) is 18.3 Å².